The van der Waals surface area contributed by atoms with Crippen molar-refractivity contribution < 1.29 is 32.2 Å². The fourth-order valence-electron chi connectivity index (χ4n) is 3.52. The highest BCUT2D eigenvalue weighted by Gasteiger charge is 2.32. The van der Waals surface area contributed by atoms with Gasteiger partial charge < -0.3 is 23.8 Å². The molecule has 2 aliphatic heterocycles. The van der Waals surface area contributed by atoms with Crippen molar-refractivity contribution in [1.82, 2.24) is 4.72 Å². The fraction of sp³-hybridized carbons (Fsp3) is 0.350. The number of nitrogens with one attached hydrogen (secondary N) is 1. The van der Waals surface area contributed by atoms with Gasteiger partial charge in [0.15, 0.2) is 23.0 Å². The highest BCUT2D eigenvalue weighted by atomic mass is 32.2. The number of rotatable bonds is 7. The lowest BCUT2D eigenvalue weighted by molar-refractivity contribution is -0.117. The predicted octanol–water partition coefficient (Wildman–Crippen LogP) is 1.76. The van der Waals surface area contributed by atoms with Gasteiger partial charge in [-0.2, -0.15) is 0 Å². The van der Waals surface area contributed by atoms with E-state index in [-0.39, 0.29) is 36.5 Å². The first-order valence-corrected chi connectivity index (χ1v) is 10.8. The Kier molecular flexibility index (Phi) is 5.44. The minimum atomic E-state index is -3.76. The van der Waals surface area contributed by atoms with Crippen LogP contribution in [0.3, 0.4) is 0 Å². The molecule has 0 aromatic heterocycles. The number of anilines is 1. The highest BCUT2D eigenvalue weighted by Crippen LogP contribution is 2.37. The summed E-state index contributed by atoms with van der Waals surface area (Å²) in [7, 11) is -0.844. The van der Waals surface area contributed by atoms with E-state index in [2.05, 4.69) is 4.72 Å². The smallest absolute Gasteiger partial charge is 0.240 e. The van der Waals surface area contributed by atoms with Crippen molar-refractivity contribution in [2.45, 2.75) is 11.3 Å². The van der Waals surface area contributed by atoms with E-state index in [0.29, 0.717) is 35.2 Å². The molecule has 1 atom stereocenters. The van der Waals surface area contributed by atoms with Gasteiger partial charge in [-0.1, -0.05) is 0 Å². The minimum absolute atomic E-state index is 0.0656. The highest BCUT2D eigenvalue weighted by molar-refractivity contribution is 7.89. The van der Waals surface area contributed by atoms with Crippen LogP contribution in [0.25, 0.3) is 0 Å². The molecular formula is C20H22N2O7S. The van der Waals surface area contributed by atoms with Crippen molar-refractivity contribution in [3.63, 3.8) is 0 Å². The van der Waals surface area contributed by atoms with E-state index in [1.54, 1.807) is 23.1 Å². The van der Waals surface area contributed by atoms with Crippen molar-refractivity contribution in [2.24, 2.45) is 5.92 Å². The minimum Gasteiger partial charge on any atom is -0.493 e. The molecule has 2 aromatic rings. The van der Waals surface area contributed by atoms with Gasteiger partial charge in [0.05, 0.1) is 19.1 Å². The lowest BCUT2D eigenvalue weighted by Gasteiger charge is -2.17. The quantitative estimate of drug-likeness (QED) is 0.708. The van der Waals surface area contributed by atoms with Gasteiger partial charge in [0.2, 0.25) is 22.7 Å². The van der Waals surface area contributed by atoms with Crippen molar-refractivity contribution in [2.75, 3.05) is 39.0 Å². The zero-order chi connectivity index (χ0) is 21.3. The molecule has 1 saturated heterocycles. The van der Waals surface area contributed by atoms with Crippen LogP contribution in [0, 0.1) is 5.92 Å². The standard InChI is InChI=1S/C20H22N2O7S/c1-26-16-6-4-15(9-18(16)27-2)30(24,25)21-10-13-7-20(23)22(11-13)14-3-5-17-19(8-14)29-12-28-17/h3-6,8-9,13,21H,7,10-12H2,1-2H3/t13-/m0/s1. The number of carbonyl (C=O) groups is 1. The van der Waals surface area contributed by atoms with Gasteiger partial charge in [-0.25, -0.2) is 13.1 Å². The second kappa shape index (κ2) is 8.04. The van der Waals surface area contributed by atoms with Crippen LogP contribution in [0.1, 0.15) is 6.42 Å². The Morgan fingerprint density at radius 3 is 2.60 bits per heavy atom. The Hall–Kier alpha value is -2.98. The Labute approximate surface area is 174 Å². The summed E-state index contributed by atoms with van der Waals surface area (Å²) in [5, 5.41) is 0. The molecule has 2 aliphatic rings. The van der Waals surface area contributed by atoms with Crippen LogP contribution in [0.15, 0.2) is 41.3 Å². The van der Waals surface area contributed by atoms with Crippen molar-refractivity contribution in [3.05, 3.63) is 36.4 Å². The first-order chi connectivity index (χ1) is 14.4. The predicted molar refractivity (Wildman–Crippen MR) is 108 cm³/mol. The van der Waals surface area contributed by atoms with Crippen LogP contribution >= 0.6 is 0 Å². The number of hydrogen-bond donors (Lipinski definition) is 1. The molecule has 0 unspecified atom stereocenters. The Morgan fingerprint density at radius 2 is 1.83 bits per heavy atom. The maximum Gasteiger partial charge on any atom is 0.240 e. The molecule has 160 valence electrons. The Morgan fingerprint density at radius 1 is 1.07 bits per heavy atom. The summed E-state index contributed by atoms with van der Waals surface area (Å²) in [5.74, 6) is 1.78. The number of nitrogens with zero attached hydrogens (tertiary/aromatic N) is 1. The van der Waals surface area contributed by atoms with Gasteiger partial charge in [-0.15, -0.1) is 0 Å². The van der Waals surface area contributed by atoms with Crippen LogP contribution in [0.4, 0.5) is 5.69 Å². The summed E-state index contributed by atoms with van der Waals surface area (Å²) in [6.45, 7) is 0.712. The zero-order valence-electron chi connectivity index (χ0n) is 16.6. The lowest BCUT2D eigenvalue weighted by atomic mass is 10.1. The number of amides is 1. The van der Waals surface area contributed by atoms with Gasteiger partial charge in [0.25, 0.3) is 0 Å². The largest absolute Gasteiger partial charge is 0.493 e. The number of hydrogen-bond acceptors (Lipinski definition) is 7. The maximum atomic E-state index is 12.7. The third kappa shape index (κ3) is 3.88. The van der Waals surface area contributed by atoms with Gasteiger partial charge in [-0.3, -0.25) is 4.79 Å². The van der Waals surface area contributed by atoms with E-state index in [4.69, 9.17) is 18.9 Å². The zero-order valence-corrected chi connectivity index (χ0v) is 17.4. The van der Waals surface area contributed by atoms with E-state index in [1.165, 1.54) is 32.4 Å². The van der Waals surface area contributed by atoms with E-state index in [1.807, 2.05) is 0 Å². The van der Waals surface area contributed by atoms with Crippen LogP contribution in [0.5, 0.6) is 23.0 Å². The van der Waals surface area contributed by atoms with Gasteiger partial charge in [-0.05, 0) is 30.2 Å². The summed E-state index contributed by atoms with van der Waals surface area (Å²) >= 11 is 0. The van der Waals surface area contributed by atoms with Crippen LogP contribution in [0.2, 0.25) is 0 Å². The normalized spacial score (nSPS) is 18.0. The van der Waals surface area contributed by atoms with E-state index < -0.39 is 10.0 Å². The van der Waals surface area contributed by atoms with Crippen molar-refractivity contribution >= 4 is 21.6 Å². The van der Waals surface area contributed by atoms with E-state index >= 15 is 0 Å². The molecule has 4 rings (SSSR count). The number of benzene rings is 2. The molecule has 0 aliphatic carbocycles. The number of ether oxygens (including phenoxy) is 4. The number of fused-ring (bicyclic) bond motifs is 1. The number of sulfonamides is 1. The summed E-state index contributed by atoms with van der Waals surface area (Å²) in [4.78, 5) is 14.2. The molecule has 0 saturated carbocycles. The van der Waals surface area contributed by atoms with Crippen molar-refractivity contribution in [3.8, 4) is 23.0 Å². The molecule has 0 spiro atoms. The maximum absolute atomic E-state index is 12.7. The Bertz CT molecular complexity index is 1070. The third-order valence-corrected chi connectivity index (χ3v) is 6.52. The Balaban J connectivity index is 1.42. The topological polar surface area (TPSA) is 103 Å². The summed E-state index contributed by atoms with van der Waals surface area (Å²) in [6.07, 6.45) is 0.253. The fourth-order valence-corrected chi connectivity index (χ4v) is 4.65. The lowest BCUT2D eigenvalue weighted by Crippen LogP contribution is -2.31. The molecule has 1 amide bonds. The molecule has 2 heterocycles. The van der Waals surface area contributed by atoms with Gasteiger partial charge >= 0.3 is 0 Å². The molecule has 1 fully saturated rings. The average Bonchev–Trinajstić information content (AvgIpc) is 3.37. The molecule has 1 N–H and O–H groups in total. The van der Waals surface area contributed by atoms with Gasteiger partial charge in [0.1, 0.15) is 0 Å². The van der Waals surface area contributed by atoms with E-state index in [9.17, 15) is 13.2 Å². The number of methoxy groups -OCH3 is 2. The van der Waals surface area contributed by atoms with E-state index in [0.717, 1.165) is 0 Å². The van der Waals surface area contributed by atoms with Crippen LogP contribution < -0.4 is 28.6 Å². The molecule has 2 aromatic carbocycles. The second-order valence-electron chi connectivity index (χ2n) is 6.98. The molecule has 9 nitrogen and oxygen atoms in total. The number of carbonyl (C=O) groups excluding carboxylic acids is 1. The monoisotopic (exact) mass is 434 g/mol. The molecular weight excluding hydrogens is 412 g/mol. The van der Waals surface area contributed by atoms with Crippen molar-refractivity contribution in [1.29, 1.82) is 0 Å². The molecule has 0 bridgehead atoms. The SMILES string of the molecule is COc1ccc(S(=O)(=O)NC[C@@H]2CC(=O)N(c3ccc4c(c3)OCO4)C2)cc1OC. The van der Waals surface area contributed by atoms with Gasteiger partial charge in [0, 0.05) is 37.3 Å². The summed E-state index contributed by atoms with van der Waals surface area (Å²) in [6, 6.07) is 9.70. The summed E-state index contributed by atoms with van der Waals surface area (Å²) < 4.78 is 48.9. The second-order valence-corrected chi connectivity index (χ2v) is 8.75. The third-order valence-electron chi connectivity index (χ3n) is 5.10. The first-order valence-electron chi connectivity index (χ1n) is 9.33. The summed E-state index contributed by atoms with van der Waals surface area (Å²) in [5.41, 5.74) is 0.703. The molecule has 10 heteroatoms. The molecule has 0 radical (unpaired) electrons. The first kappa shape index (κ1) is 20.3. The molecule has 30 heavy (non-hydrogen) atoms. The van der Waals surface area contributed by atoms with Crippen LogP contribution in [-0.2, 0) is 14.8 Å². The average molecular weight is 434 g/mol. The van der Waals surface area contributed by atoms with Crippen LogP contribution in [-0.4, -0.2) is 48.4 Å².